The predicted octanol–water partition coefficient (Wildman–Crippen LogP) is 5.81. The van der Waals surface area contributed by atoms with Gasteiger partial charge in [0, 0.05) is 0 Å². The molecule has 2 bridgehead atoms. The summed E-state index contributed by atoms with van der Waals surface area (Å²) in [5.41, 5.74) is 3.69. The standard InChI is InChI=1S/C18H24O.C2H6/c1-4-17-7-10-18(11-8-17,12-9-17)15-5-6-16(19-3)14(2)13-15;1-2/h4-6,13H,1,7-12H2,2-3H3;1-2H3. The van der Waals surface area contributed by atoms with Crippen LogP contribution >= 0.6 is 0 Å². The molecule has 1 aromatic rings. The average Bonchev–Trinajstić information content (AvgIpc) is 2.58. The highest BCUT2D eigenvalue weighted by molar-refractivity contribution is 5.40. The first-order valence-corrected chi connectivity index (χ1v) is 8.42. The summed E-state index contributed by atoms with van der Waals surface area (Å²) < 4.78 is 5.38. The topological polar surface area (TPSA) is 9.23 Å². The smallest absolute Gasteiger partial charge is 0.121 e. The number of benzene rings is 1. The zero-order valence-corrected chi connectivity index (χ0v) is 14.2. The Bertz CT molecular complexity index is 476. The molecule has 0 spiro atoms. The molecular formula is C20H30O. The van der Waals surface area contributed by atoms with Gasteiger partial charge in [-0.2, -0.15) is 0 Å². The van der Waals surface area contributed by atoms with E-state index in [1.807, 2.05) is 13.8 Å². The molecular weight excluding hydrogens is 256 g/mol. The summed E-state index contributed by atoms with van der Waals surface area (Å²) in [5.74, 6) is 1.01. The highest BCUT2D eigenvalue weighted by atomic mass is 16.5. The first-order chi connectivity index (χ1) is 10.1. The second-order valence-corrected chi connectivity index (χ2v) is 6.53. The number of hydrogen-bond donors (Lipinski definition) is 0. The van der Waals surface area contributed by atoms with Crippen LogP contribution in [0.4, 0.5) is 0 Å². The first kappa shape index (κ1) is 16.1. The molecule has 116 valence electrons. The SMILES string of the molecule is C=CC12CCC(c3ccc(OC)c(C)c3)(CC1)CC2.CC. The maximum Gasteiger partial charge on any atom is 0.121 e. The van der Waals surface area contributed by atoms with Gasteiger partial charge in [-0.3, -0.25) is 0 Å². The molecule has 1 heteroatoms. The summed E-state index contributed by atoms with van der Waals surface area (Å²) in [6.07, 6.45) is 10.2. The molecule has 4 rings (SSSR count). The van der Waals surface area contributed by atoms with Crippen LogP contribution in [0.25, 0.3) is 0 Å². The van der Waals surface area contributed by atoms with E-state index in [0.29, 0.717) is 10.8 Å². The molecule has 0 saturated heterocycles. The normalized spacial score (nSPS) is 30.3. The zero-order chi connectivity index (χ0) is 15.5. The summed E-state index contributed by atoms with van der Waals surface area (Å²) in [4.78, 5) is 0. The molecule has 0 heterocycles. The fourth-order valence-electron chi connectivity index (χ4n) is 4.16. The summed E-state index contributed by atoms with van der Waals surface area (Å²) in [7, 11) is 1.75. The molecule has 0 N–H and O–H groups in total. The maximum absolute atomic E-state index is 5.38. The van der Waals surface area contributed by atoms with E-state index in [1.54, 1.807) is 7.11 Å². The second kappa shape index (κ2) is 6.25. The molecule has 0 atom stereocenters. The number of aryl methyl sites for hydroxylation is 1. The number of fused-ring (bicyclic) bond motifs is 3. The van der Waals surface area contributed by atoms with Crippen molar-refractivity contribution in [2.24, 2.45) is 5.41 Å². The number of hydrogen-bond acceptors (Lipinski definition) is 1. The van der Waals surface area contributed by atoms with Crippen LogP contribution in [0.3, 0.4) is 0 Å². The quantitative estimate of drug-likeness (QED) is 0.637. The van der Waals surface area contributed by atoms with Crippen molar-refractivity contribution < 1.29 is 4.74 Å². The number of ether oxygens (including phenoxy) is 1. The van der Waals surface area contributed by atoms with Crippen molar-refractivity contribution in [1.82, 2.24) is 0 Å². The van der Waals surface area contributed by atoms with Crippen LogP contribution in [-0.2, 0) is 5.41 Å². The van der Waals surface area contributed by atoms with Gasteiger partial charge in [0.1, 0.15) is 5.75 Å². The van der Waals surface area contributed by atoms with E-state index < -0.39 is 0 Å². The van der Waals surface area contributed by atoms with Crippen molar-refractivity contribution in [3.63, 3.8) is 0 Å². The van der Waals surface area contributed by atoms with Gasteiger partial charge in [0.2, 0.25) is 0 Å². The summed E-state index contributed by atoms with van der Waals surface area (Å²) in [5, 5.41) is 0. The third-order valence-corrected chi connectivity index (χ3v) is 5.74. The lowest BCUT2D eigenvalue weighted by molar-refractivity contribution is 0.0792. The molecule has 3 aliphatic rings. The summed E-state index contributed by atoms with van der Waals surface area (Å²) in [6.45, 7) is 10.2. The molecule has 0 aromatic heterocycles. The predicted molar refractivity (Wildman–Crippen MR) is 91.1 cm³/mol. The monoisotopic (exact) mass is 286 g/mol. The highest BCUT2D eigenvalue weighted by Gasteiger charge is 2.47. The average molecular weight is 286 g/mol. The van der Waals surface area contributed by atoms with E-state index in [9.17, 15) is 0 Å². The summed E-state index contributed by atoms with van der Waals surface area (Å²) >= 11 is 0. The van der Waals surface area contributed by atoms with Gasteiger partial charge in [-0.05, 0) is 73.5 Å². The van der Waals surface area contributed by atoms with Crippen LogP contribution in [0.1, 0.15) is 63.5 Å². The van der Waals surface area contributed by atoms with Crippen LogP contribution in [0.15, 0.2) is 30.9 Å². The van der Waals surface area contributed by atoms with Gasteiger partial charge in [0.05, 0.1) is 7.11 Å². The van der Waals surface area contributed by atoms with Crippen LogP contribution in [-0.4, -0.2) is 7.11 Å². The Morgan fingerprint density at radius 2 is 1.62 bits per heavy atom. The van der Waals surface area contributed by atoms with Gasteiger partial charge in [-0.1, -0.05) is 32.1 Å². The number of methoxy groups -OCH3 is 1. The third kappa shape index (κ3) is 2.75. The molecule has 1 aromatic carbocycles. The molecule has 0 radical (unpaired) electrons. The minimum absolute atomic E-state index is 0.432. The Morgan fingerprint density at radius 1 is 1.05 bits per heavy atom. The summed E-state index contributed by atoms with van der Waals surface area (Å²) in [6, 6.07) is 6.78. The molecule has 21 heavy (non-hydrogen) atoms. The minimum Gasteiger partial charge on any atom is -0.496 e. The molecule has 0 unspecified atom stereocenters. The van der Waals surface area contributed by atoms with Crippen LogP contribution in [0.2, 0.25) is 0 Å². The van der Waals surface area contributed by atoms with Crippen LogP contribution in [0, 0.1) is 12.3 Å². The van der Waals surface area contributed by atoms with E-state index in [0.717, 1.165) is 5.75 Å². The van der Waals surface area contributed by atoms with E-state index in [4.69, 9.17) is 4.74 Å². The Labute approximate surface area is 130 Å². The van der Waals surface area contributed by atoms with E-state index in [2.05, 4.69) is 37.8 Å². The van der Waals surface area contributed by atoms with Crippen LogP contribution < -0.4 is 4.74 Å². The Balaban J connectivity index is 0.000000774. The molecule has 0 aliphatic heterocycles. The highest BCUT2D eigenvalue weighted by Crippen LogP contribution is 2.58. The van der Waals surface area contributed by atoms with Crippen molar-refractivity contribution in [2.75, 3.05) is 7.11 Å². The Morgan fingerprint density at radius 3 is 2.05 bits per heavy atom. The molecule has 0 amide bonds. The largest absolute Gasteiger partial charge is 0.496 e. The van der Waals surface area contributed by atoms with Gasteiger partial charge in [-0.15, -0.1) is 6.58 Å². The van der Waals surface area contributed by atoms with Gasteiger partial charge in [0.25, 0.3) is 0 Å². The molecule has 3 aliphatic carbocycles. The molecule has 1 nitrogen and oxygen atoms in total. The van der Waals surface area contributed by atoms with Gasteiger partial charge in [0.15, 0.2) is 0 Å². The molecule has 3 saturated carbocycles. The van der Waals surface area contributed by atoms with Gasteiger partial charge in [-0.25, -0.2) is 0 Å². The number of allylic oxidation sites excluding steroid dienone is 1. The third-order valence-electron chi connectivity index (χ3n) is 5.74. The lowest BCUT2D eigenvalue weighted by atomic mass is 9.52. The maximum atomic E-state index is 5.38. The Hall–Kier alpha value is -1.24. The van der Waals surface area contributed by atoms with Crippen molar-refractivity contribution in [2.45, 2.75) is 64.7 Å². The van der Waals surface area contributed by atoms with E-state index in [1.165, 1.54) is 49.7 Å². The lowest BCUT2D eigenvalue weighted by Gasteiger charge is -2.53. The number of rotatable bonds is 3. The first-order valence-electron chi connectivity index (χ1n) is 8.42. The van der Waals surface area contributed by atoms with Crippen molar-refractivity contribution >= 4 is 0 Å². The van der Waals surface area contributed by atoms with Gasteiger partial charge < -0.3 is 4.74 Å². The van der Waals surface area contributed by atoms with E-state index in [-0.39, 0.29) is 0 Å². The van der Waals surface area contributed by atoms with Crippen molar-refractivity contribution in [1.29, 1.82) is 0 Å². The van der Waals surface area contributed by atoms with Crippen molar-refractivity contribution in [3.8, 4) is 5.75 Å². The second-order valence-electron chi connectivity index (χ2n) is 6.53. The minimum atomic E-state index is 0.432. The zero-order valence-electron chi connectivity index (χ0n) is 14.2. The van der Waals surface area contributed by atoms with Crippen molar-refractivity contribution in [3.05, 3.63) is 42.0 Å². The van der Waals surface area contributed by atoms with Gasteiger partial charge >= 0.3 is 0 Å². The Kier molecular flexibility index (Phi) is 4.81. The lowest BCUT2D eigenvalue weighted by Crippen LogP contribution is -2.43. The fraction of sp³-hybridized carbons (Fsp3) is 0.600. The van der Waals surface area contributed by atoms with E-state index >= 15 is 0 Å². The van der Waals surface area contributed by atoms with Crippen LogP contribution in [0.5, 0.6) is 5.75 Å². The fourth-order valence-corrected chi connectivity index (χ4v) is 4.16. The molecule has 3 fully saturated rings.